The van der Waals surface area contributed by atoms with Gasteiger partial charge in [0.05, 0.1) is 21.7 Å². The fraction of sp³-hybridized carbons (Fsp3) is 0. The second kappa shape index (κ2) is 5.67. The molecule has 1 heterocycles. The molecular formula is C12H7Cl2N3O2S. The minimum atomic E-state index is -3.98. The van der Waals surface area contributed by atoms with Crippen molar-refractivity contribution >= 4 is 39.0 Å². The molecule has 0 saturated heterocycles. The summed E-state index contributed by atoms with van der Waals surface area (Å²) in [6, 6.07) is 8.87. The fourth-order valence-corrected chi connectivity index (χ4v) is 3.20. The molecule has 0 spiro atoms. The standard InChI is InChI=1S/C12H7Cl2N3O2S/c13-9-4-3-8(7-15)6-11(9)20(18,19)17-12-10(14)2-1-5-16-12/h1-6H,(H,16,17). The van der Waals surface area contributed by atoms with E-state index in [9.17, 15) is 8.42 Å². The van der Waals surface area contributed by atoms with Crippen LogP contribution in [0.3, 0.4) is 0 Å². The van der Waals surface area contributed by atoms with Crippen LogP contribution in [0.1, 0.15) is 5.56 Å². The minimum Gasteiger partial charge on any atom is -0.262 e. The van der Waals surface area contributed by atoms with Gasteiger partial charge in [0.1, 0.15) is 4.90 Å². The van der Waals surface area contributed by atoms with Gasteiger partial charge in [0.15, 0.2) is 5.82 Å². The highest BCUT2D eigenvalue weighted by Crippen LogP contribution is 2.26. The number of nitriles is 1. The quantitative estimate of drug-likeness (QED) is 0.939. The van der Waals surface area contributed by atoms with E-state index < -0.39 is 10.0 Å². The number of hydrogen-bond donors (Lipinski definition) is 1. The first-order valence-corrected chi connectivity index (χ1v) is 7.51. The average molecular weight is 328 g/mol. The Kier molecular flexibility index (Phi) is 4.14. The highest BCUT2D eigenvalue weighted by Gasteiger charge is 2.20. The van der Waals surface area contributed by atoms with Gasteiger partial charge in [-0.2, -0.15) is 5.26 Å². The molecule has 0 aliphatic rings. The summed E-state index contributed by atoms with van der Waals surface area (Å²) in [6.45, 7) is 0. The molecule has 1 aromatic carbocycles. The Labute approximate surface area is 125 Å². The number of pyridine rings is 1. The number of benzene rings is 1. The van der Waals surface area contributed by atoms with Crippen LogP contribution in [0.2, 0.25) is 10.0 Å². The summed E-state index contributed by atoms with van der Waals surface area (Å²) in [4.78, 5) is 3.62. The van der Waals surface area contributed by atoms with Crippen molar-refractivity contribution in [2.45, 2.75) is 4.90 Å². The van der Waals surface area contributed by atoms with Crippen LogP contribution in [-0.2, 0) is 10.0 Å². The second-order valence-corrected chi connectivity index (χ2v) is 6.16. The normalized spacial score (nSPS) is 10.8. The van der Waals surface area contributed by atoms with Crippen LogP contribution >= 0.6 is 23.2 Å². The van der Waals surface area contributed by atoms with Gasteiger partial charge in [-0.1, -0.05) is 23.2 Å². The van der Waals surface area contributed by atoms with E-state index >= 15 is 0 Å². The van der Waals surface area contributed by atoms with Crippen molar-refractivity contribution in [2.75, 3.05) is 4.72 Å². The van der Waals surface area contributed by atoms with Gasteiger partial charge in [-0.15, -0.1) is 0 Å². The van der Waals surface area contributed by atoms with Gasteiger partial charge in [0.25, 0.3) is 10.0 Å². The summed E-state index contributed by atoms with van der Waals surface area (Å²) in [5, 5.41) is 8.97. The Morgan fingerprint density at radius 3 is 2.60 bits per heavy atom. The third-order valence-electron chi connectivity index (χ3n) is 2.34. The van der Waals surface area contributed by atoms with Gasteiger partial charge in [0.2, 0.25) is 0 Å². The number of anilines is 1. The molecule has 20 heavy (non-hydrogen) atoms. The molecule has 1 aromatic heterocycles. The molecular weight excluding hydrogens is 321 g/mol. The fourth-order valence-electron chi connectivity index (χ4n) is 1.42. The predicted molar refractivity (Wildman–Crippen MR) is 76.2 cm³/mol. The van der Waals surface area contributed by atoms with E-state index in [2.05, 4.69) is 9.71 Å². The van der Waals surface area contributed by atoms with Crippen LogP contribution in [0.5, 0.6) is 0 Å². The Balaban J connectivity index is 2.47. The number of rotatable bonds is 3. The molecule has 102 valence electrons. The molecule has 0 amide bonds. The summed E-state index contributed by atoms with van der Waals surface area (Å²) in [5.41, 5.74) is 0.182. The number of halogens is 2. The van der Waals surface area contributed by atoms with E-state index in [0.29, 0.717) is 0 Å². The molecule has 0 saturated carbocycles. The molecule has 8 heteroatoms. The van der Waals surface area contributed by atoms with Crippen molar-refractivity contribution in [3.8, 4) is 6.07 Å². The summed E-state index contributed by atoms with van der Waals surface area (Å²) in [7, 11) is -3.98. The van der Waals surface area contributed by atoms with Crippen molar-refractivity contribution in [3.05, 3.63) is 52.1 Å². The zero-order valence-electron chi connectivity index (χ0n) is 9.84. The maximum Gasteiger partial charge on any atom is 0.264 e. The molecule has 0 radical (unpaired) electrons. The van der Waals surface area contributed by atoms with Crippen molar-refractivity contribution in [3.63, 3.8) is 0 Å². The van der Waals surface area contributed by atoms with E-state index in [1.54, 1.807) is 6.07 Å². The molecule has 1 N–H and O–H groups in total. The Hall–Kier alpha value is -1.81. The summed E-state index contributed by atoms with van der Waals surface area (Å²) in [5.74, 6) is -0.00686. The zero-order valence-corrected chi connectivity index (χ0v) is 12.2. The minimum absolute atomic E-state index is 0.00329. The first kappa shape index (κ1) is 14.6. The molecule has 0 bridgehead atoms. The first-order chi connectivity index (χ1) is 9.44. The Morgan fingerprint density at radius 2 is 1.95 bits per heavy atom. The number of aromatic nitrogens is 1. The lowest BCUT2D eigenvalue weighted by molar-refractivity contribution is 0.601. The van der Waals surface area contributed by atoms with Gasteiger partial charge in [0, 0.05) is 6.20 Å². The van der Waals surface area contributed by atoms with Gasteiger partial charge in [-0.25, -0.2) is 13.4 Å². The highest BCUT2D eigenvalue weighted by molar-refractivity contribution is 7.92. The van der Waals surface area contributed by atoms with Crippen LogP contribution in [0, 0.1) is 11.3 Å². The van der Waals surface area contributed by atoms with Gasteiger partial charge in [-0.05, 0) is 30.3 Å². The zero-order chi connectivity index (χ0) is 14.8. The monoisotopic (exact) mass is 327 g/mol. The smallest absolute Gasteiger partial charge is 0.262 e. The number of hydrogen-bond acceptors (Lipinski definition) is 4. The van der Waals surface area contributed by atoms with Crippen molar-refractivity contribution < 1.29 is 8.42 Å². The summed E-state index contributed by atoms with van der Waals surface area (Å²) < 4.78 is 26.7. The molecule has 0 unspecified atom stereocenters. The highest BCUT2D eigenvalue weighted by atomic mass is 35.5. The molecule has 5 nitrogen and oxygen atoms in total. The van der Waals surface area contributed by atoms with E-state index in [-0.39, 0.29) is 26.3 Å². The van der Waals surface area contributed by atoms with Gasteiger partial charge < -0.3 is 0 Å². The van der Waals surface area contributed by atoms with Crippen LogP contribution in [0.25, 0.3) is 0 Å². The van der Waals surface area contributed by atoms with Crippen LogP contribution < -0.4 is 4.72 Å². The van der Waals surface area contributed by atoms with E-state index in [1.165, 1.54) is 30.5 Å². The summed E-state index contributed by atoms with van der Waals surface area (Å²) >= 11 is 11.7. The third kappa shape index (κ3) is 3.02. The number of nitrogens with one attached hydrogen (secondary N) is 1. The average Bonchev–Trinajstić information content (AvgIpc) is 2.41. The van der Waals surface area contributed by atoms with Crippen molar-refractivity contribution in [1.82, 2.24) is 4.98 Å². The van der Waals surface area contributed by atoms with Crippen LogP contribution in [0.15, 0.2) is 41.4 Å². The number of sulfonamides is 1. The summed E-state index contributed by atoms with van der Waals surface area (Å²) in [6.07, 6.45) is 1.40. The number of nitrogens with zero attached hydrogens (tertiary/aromatic N) is 2. The third-order valence-corrected chi connectivity index (χ3v) is 4.46. The van der Waals surface area contributed by atoms with Crippen molar-refractivity contribution in [2.24, 2.45) is 0 Å². The van der Waals surface area contributed by atoms with E-state index in [1.807, 2.05) is 6.07 Å². The first-order valence-electron chi connectivity index (χ1n) is 5.27. The lowest BCUT2D eigenvalue weighted by Crippen LogP contribution is -2.15. The maximum absolute atomic E-state index is 12.2. The van der Waals surface area contributed by atoms with E-state index in [4.69, 9.17) is 28.5 Å². The van der Waals surface area contributed by atoms with Crippen LogP contribution in [-0.4, -0.2) is 13.4 Å². The predicted octanol–water partition coefficient (Wildman–Crippen LogP) is 3.06. The van der Waals surface area contributed by atoms with E-state index in [0.717, 1.165) is 0 Å². The Morgan fingerprint density at radius 1 is 1.20 bits per heavy atom. The Bertz CT molecular complexity index is 801. The largest absolute Gasteiger partial charge is 0.264 e. The molecule has 0 atom stereocenters. The van der Waals surface area contributed by atoms with Crippen molar-refractivity contribution in [1.29, 1.82) is 5.26 Å². The lowest BCUT2D eigenvalue weighted by atomic mass is 10.2. The molecule has 0 aliphatic carbocycles. The molecule has 0 aliphatic heterocycles. The second-order valence-electron chi connectivity index (χ2n) is 3.70. The van der Waals surface area contributed by atoms with Crippen LogP contribution in [0.4, 0.5) is 5.82 Å². The lowest BCUT2D eigenvalue weighted by Gasteiger charge is -2.09. The SMILES string of the molecule is N#Cc1ccc(Cl)c(S(=O)(=O)Nc2ncccc2Cl)c1. The molecule has 2 rings (SSSR count). The van der Waals surface area contributed by atoms with Gasteiger partial charge >= 0.3 is 0 Å². The molecule has 0 fully saturated rings. The topological polar surface area (TPSA) is 82.8 Å². The maximum atomic E-state index is 12.2. The molecule has 2 aromatic rings. The van der Waals surface area contributed by atoms with Gasteiger partial charge in [-0.3, -0.25) is 4.72 Å².